The van der Waals surface area contributed by atoms with E-state index in [1.54, 1.807) is 29.0 Å². The first-order valence-corrected chi connectivity index (χ1v) is 10.7. The van der Waals surface area contributed by atoms with Gasteiger partial charge in [-0.1, -0.05) is 12.1 Å². The molecule has 0 saturated carbocycles. The van der Waals surface area contributed by atoms with Crippen molar-refractivity contribution >= 4 is 28.9 Å². The number of carbonyl (C=O) groups excluding carboxylic acids is 2. The summed E-state index contributed by atoms with van der Waals surface area (Å²) in [5.41, 5.74) is 2.52. The third-order valence-electron chi connectivity index (χ3n) is 5.82. The van der Waals surface area contributed by atoms with Crippen molar-refractivity contribution in [2.45, 2.75) is 32.5 Å². The van der Waals surface area contributed by atoms with Crippen LogP contribution in [-0.4, -0.2) is 37.0 Å². The van der Waals surface area contributed by atoms with E-state index in [1.165, 1.54) is 12.1 Å². The van der Waals surface area contributed by atoms with E-state index in [4.69, 9.17) is 4.74 Å². The highest BCUT2D eigenvalue weighted by Gasteiger charge is 2.32. The van der Waals surface area contributed by atoms with Gasteiger partial charge in [-0.2, -0.15) is 13.2 Å². The molecule has 3 amide bonds. The second kappa shape index (κ2) is 8.80. The minimum atomic E-state index is -4.47. The van der Waals surface area contributed by atoms with Crippen molar-refractivity contribution < 1.29 is 27.5 Å². The van der Waals surface area contributed by atoms with Crippen molar-refractivity contribution in [3.05, 3.63) is 59.2 Å². The van der Waals surface area contributed by atoms with Crippen LogP contribution in [0.1, 0.15) is 36.5 Å². The summed E-state index contributed by atoms with van der Waals surface area (Å²) in [7, 11) is 1.69. The van der Waals surface area contributed by atoms with Crippen LogP contribution >= 0.6 is 0 Å². The van der Waals surface area contributed by atoms with Crippen LogP contribution in [0.25, 0.3) is 5.57 Å². The normalized spacial score (nSPS) is 17.2. The fraction of sp³-hybridized carbons (Fsp3) is 0.333. The Kier molecular flexibility index (Phi) is 6.05. The number of hydrogen-bond acceptors (Lipinski definition) is 3. The van der Waals surface area contributed by atoms with E-state index in [9.17, 15) is 22.8 Å². The standard InChI is InChI=1S/C24H24F3N3O3/c1-3-30-14-16-6-8-18(13-20(16)29(2)23(30)32)28-22(31)11-15-5-4-10-33-21-12-17(24(25,26)27)7-9-19(15)21/h6-9,11-13H,3-5,10,14H2,1-2H3,(H,28,31). The zero-order chi connectivity index (χ0) is 23.8. The second-order valence-electron chi connectivity index (χ2n) is 8.02. The predicted octanol–water partition coefficient (Wildman–Crippen LogP) is 5.29. The van der Waals surface area contributed by atoms with Crippen molar-refractivity contribution in [1.29, 1.82) is 0 Å². The third-order valence-corrected chi connectivity index (χ3v) is 5.82. The molecule has 4 rings (SSSR count). The smallest absolute Gasteiger partial charge is 0.416 e. The number of nitrogens with zero attached hydrogens (tertiary/aromatic N) is 2. The molecule has 0 aliphatic carbocycles. The number of fused-ring (bicyclic) bond motifs is 2. The lowest BCUT2D eigenvalue weighted by molar-refractivity contribution is -0.137. The Labute approximate surface area is 189 Å². The van der Waals surface area contributed by atoms with Gasteiger partial charge in [-0.15, -0.1) is 0 Å². The van der Waals surface area contributed by atoms with E-state index in [0.29, 0.717) is 42.8 Å². The summed E-state index contributed by atoms with van der Waals surface area (Å²) in [6.45, 7) is 3.29. The Balaban J connectivity index is 1.57. The summed E-state index contributed by atoms with van der Waals surface area (Å²) in [5, 5.41) is 2.80. The quantitative estimate of drug-likeness (QED) is 0.635. The lowest BCUT2D eigenvalue weighted by Crippen LogP contribution is -2.44. The lowest BCUT2D eigenvalue weighted by Gasteiger charge is -2.34. The first kappa shape index (κ1) is 22.7. The van der Waals surface area contributed by atoms with Crippen LogP contribution in [0.15, 0.2) is 42.5 Å². The molecule has 0 fully saturated rings. The fourth-order valence-corrected chi connectivity index (χ4v) is 4.07. The largest absolute Gasteiger partial charge is 0.493 e. The molecule has 2 heterocycles. The van der Waals surface area contributed by atoms with Crippen LogP contribution in [0.4, 0.5) is 29.3 Å². The molecule has 0 radical (unpaired) electrons. The maximum absolute atomic E-state index is 13.1. The number of urea groups is 1. The number of alkyl halides is 3. The van der Waals surface area contributed by atoms with E-state index in [-0.39, 0.29) is 18.4 Å². The zero-order valence-electron chi connectivity index (χ0n) is 18.3. The number of allylic oxidation sites excluding steroid dienone is 1. The molecule has 1 N–H and O–H groups in total. The number of rotatable bonds is 3. The SMILES string of the molecule is CCN1Cc2ccc(NC(=O)C=C3CCCOc4cc(C(F)(F)F)ccc43)cc2N(C)C1=O. The molecule has 9 heteroatoms. The summed E-state index contributed by atoms with van der Waals surface area (Å²) in [5.74, 6) is -0.284. The van der Waals surface area contributed by atoms with Crippen LogP contribution in [0.2, 0.25) is 0 Å². The number of hydrogen-bond donors (Lipinski definition) is 1. The number of amides is 3. The molecule has 0 saturated heterocycles. The number of ether oxygens (including phenoxy) is 1. The molecule has 2 aromatic rings. The van der Waals surface area contributed by atoms with Crippen LogP contribution < -0.4 is 15.0 Å². The number of benzene rings is 2. The molecule has 2 aliphatic rings. The Morgan fingerprint density at radius 3 is 2.73 bits per heavy atom. The Bertz CT molecular complexity index is 1130. The molecule has 174 valence electrons. The zero-order valence-corrected chi connectivity index (χ0v) is 18.3. The topological polar surface area (TPSA) is 61.9 Å². The van der Waals surface area contributed by atoms with Gasteiger partial charge in [0, 0.05) is 37.5 Å². The molecule has 33 heavy (non-hydrogen) atoms. The first-order chi connectivity index (χ1) is 15.7. The van der Waals surface area contributed by atoms with Crippen molar-refractivity contribution in [2.24, 2.45) is 0 Å². The third kappa shape index (κ3) is 4.67. The van der Waals surface area contributed by atoms with Crippen LogP contribution in [-0.2, 0) is 17.5 Å². The van der Waals surface area contributed by atoms with E-state index >= 15 is 0 Å². The van der Waals surface area contributed by atoms with Crippen LogP contribution in [0.5, 0.6) is 5.75 Å². The van der Waals surface area contributed by atoms with Crippen molar-refractivity contribution in [3.8, 4) is 5.75 Å². The van der Waals surface area contributed by atoms with Gasteiger partial charge in [0.25, 0.3) is 0 Å². The fourth-order valence-electron chi connectivity index (χ4n) is 4.07. The minimum Gasteiger partial charge on any atom is -0.493 e. The molecule has 6 nitrogen and oxygen atoms in total. The van der Waals surface area contributed by atoms with Gasteiger partial charge in [0.05, 0.1) is 17.9 Å². The van der Waals surface area contributed by atoms with Crippen LogP contribution in [0, 0.1) is 0 Å². The number of anilines is 2. The van der Waals surface area contributed by atoms with Crippen molar-refractivity contribution in [2.75, 3.05) is 30.4 Å². The average Bonchev–Trinajstić information content (AvgIpc) is 2.97. The Hall–Kier alpha value is -3.49. The Morgan fingerprint density at radius 2 is 2.00 bits per heavy atom. The molecule has 0 aromatic heterocycles. The molecule has 0 atom stereocenters. The molecule has 0 bridgehead atoms. The highest BCUT2D eigenvalue weighted by Crippen LogP contribution is 2.38. The van der Waals surface area contributed by atoms with E-state index < -0.39 is 17.6 Å². The lowest BCUT2D eigenvalue weighted by atomic mass is 9.99. The summed E-state index contributed by atoms with van der Waals surface area (Å²) in [6.07, 6.45) is -2.00. The van der Waals surface area contributed by atoms with Gasteiger partial charge >= 0.3 is 12.2 Å². The second-order valence-corrected chi connectivity index (χ2v) is 8.02. The van der Waals surface area contributed by atoms with Gasteiger partial charge in [-0.05, 0) is 55.2 Å². The van der Waals surface area contributed by atoms with Gasteiger partial charge in [0.15, 0.2) is 0 Å². The van der Waals surface area contributed by atoms with Gasteiger partial charge in [-0.25, -0.2) is 4.79 Å². The average molecular weight is 459 g/mol. The first-order valence-electron chi connectivity index (χ1n) is 10.7. The maximum atomic E-state index is 13.1. The van der Waals surface area contributed by atoms with Gasteiger partial charge in [0.2, 0.25) is 5.91 Å². The molecule has 2 aliphatic heterocycles. The van der Waals surface area contributed by atoms with E-state index in [2.05, 4.69) is 5.32 Å². The van der Waals surface area contributed by atoms with Crippen LogP contribution in [0.3, 0.4) is 0 Å². The summed E-state index contributed by atoms with van der Waals surface area (Å²) in [6, 6.07) is 8.60. The Morgan fingerprint density at radius 1 is 1.21 bits per heavy atom. The number of carbonyl (C=O) groups is 2. The molecular weight excluding hydrogens is 435 g/mol. The van der Waals surface area contributed by atoms with Gasteiger partial charge < -0.3 is 15.0 Å². The van der Waals surface area contributed by atoms with E-state index in [0.717, 1.165) is 23.4 Å². The van der Waals surface area contributed by atoms with Crippen molar-refractivity contribution in [3.63, 3.8) is 0 Å². The van der Waals surface area contributed by atoms with Gasteiger partial charge in [-0.3, -0.25) is 9.69 Å². The number of halogens is 3. The summed E-state index contributed by atoms with van der Waals surface area (Å²) >= 11 is 0. The highest BCUT2D eigenvalue weighted by atomic mass is 19.4. The summed E-state index contributed by atoms with van der Waals surface area (Å²) in [4.78, 5) is 28.4. The predicted molar refractivity (Wildman–Crippen MR) is 119 cm³/mol. The molecule has 0 unspecified atom stereocenters. The van der Waals surface area contributed by atoms with Crippen molar-refractivity contribution in [1.82, 2.24) is 4.90 Å². The molecule has 2 aromatic carbocycles. The minimum absolute atomic E-state index is 0.108. The van der Waals surface area contributed by atoms with E-state index in [1.807, 2.05) is 13.0 Å². The number of nitrogens with one attached hydrogen (secondary N) is 1. The summed E-state index contributed by atoms with van der Waals surface area (Å²) < 4.78 is 44.7. The molecular formula is C24H24F3N3O3. The van der Waals surface area contributed by atoms with Gasteiger partial charge in [0.1, 0.15) is 5.75 Å². The maximum Gasteiger partial charge on any atom is 0.416 e. The highest BCUT2D eigenvalue weighted by molar-refractivity contribution is 6.05. The monoisotopic (exact) mass is 459 g/mol. The molecule has 0 spiro atoms.